The van der Waals surface area contributed by atoms with Crippen molar-refractivity contribution in [3.8, 4) is 11.5 Å². The average Bonchev–Trinajstić information content (AvgIpc) is 3.25. The van der Waals surface area contributed by atoms with Crippen molar-refractivity contribution < 1.29 is 28.7 Å². The number of nitrogens with zero attached hydrogens (tertiary/aromatic N) is 2. The summed E-state index contributed by atoms with van der Waals surface area (Å²) in [6, 6.07) is 46.5. The van der Waals surface area contributed by atoms with Gasteiger partial charge in [0.15, 0.2) is 0 Å². The van der Waals surface area contributed by atoms with Crippen LogP contribution < -0.4 is 20.3 Å². The SMILES string of the molecule is O=C(/C=C/c1ccccc1)Oc1ccc(Cc2ccc(OC(=O)/C=C/c3ccccc3)c(/C=N/NC(=O)c3ccccc3)c2)cc1/C=N/NC(=O)c1ccccc1. The topological polar surface area (TPSA) is 136 Å². The number of rotatable bonds is 14. The molecule has 2 amide bonds. The lowest BCUT2D eigenvalue weighted by Gasteiger charge is -2.11. The maximum absolute atomic E-state index is 12.8. The molecular weight excluding hydrogens is 717 g/mol. The lowest BCUT2D eigenvalue weighted by molar-refractivity contribution is -0.129. The number of hydrogen-bond donors (Lipinski definition) is 2. The fourth-order valence-corrected chi connectivity index (χ4v) is 5.41. The van der Waals surface area contributed by atoms with Crippen molar-refractivity contribution in [2.45, 2.75) is 6.42 Å². The van der Waals surface area contributed by atoms with E-state index < -0.39 is 23.8 Å². The summed E-state index contributed by atoms with van der Waals surface area (Å²) < 4.78 is 11.4. The summed E-state index contributed by atoms with van der Waals surface area (Å²) in [4.78, 5) is 51.0. The first-order valence-electron chi connectivity index (χ1n) is 17.8. The number of ether oxygens (including phenoxy) is 2. The molecule has 0 unspecified atom stereocenters. The number of esters is 2. The van der Waals surface area contributed by atoms with Gasteiger partial charge in [0.1, 0.15) is 11.5 Å². The van der Waals surface area contributed by atoms with Crippen molar-refractivity contribution in [3.05, 3.63) is 214 Å². The molecule has 10 heteroatoms. The Balaban J connectivity index is 1.24. The van der Waals surface area contributed by atoms with Crippen LogP contribution in [-0.2, 0) is 16.0 Å². The van der Waals surface area contributed by atoms with Gasteiger partial charge in [0.2, 0.25) is 0 Å². The van der Waals surface area contributed by atoms with Crippen LogP contribution in [0.5, 0.6) is 11.5 Å². The largest absolute Gasteiger partial charge is 0.423 e. The van der Waals surface area contributed by atoms with Gasteiger partial charge in [-0.1, -0.05) is 109 Å². The minimum absolute atomic E-state index is 0.229. The van der Waals surface area contributed by atoms with Crippen LogP contribution in [0.3, 0.4) is 0 Å². The highest BCUT2D eigenvalue weighted by molar-refractivity contribution is 5.97. The number of carbonyl (C=O) groups is 4. The molecule has 0 atom stereocenters. The molecular formula is C47H36N4O6. The molecule has 57 heavy (non-hydrogen) atoms. The minimum Gasteiger partial charge on any atom is -0.423 e. The van der Waals surface area contributed by atoms with E-state index in [4.69, 9.17) is 9.47 Å². The lowest BCUT2D eigenvalue weighted by atomic mass is 10.0. The van der Waals surface area contributed by atoms with E-state index in [0.29, 0.717) is 28.7 Å². The van der Waals surface area contributed by atoms with E-state index in [1.165, 1.54) is 24.6 Å². The van der Waals surface area contributed by atoms with Gasteiger partial charge in [-0.3, -0.25) is 9.59 Å². The van der Waals surface area contributed by atoms with Gasteiger partial charge in [0.25, 0.3) is 11.8 Å². The smallest absolute Gasteiger partial charge is 0.336 e. The standard InChI is InChI=1S/C47H36N4O6/c52-44(27-23-34-13-5-1-6-14-34)56-42-25-21-36(30-40(42)32-48-50-46(54)38-17-9-3-10-18-38)29-37-22-26-43(57-45(53)28-24-35-15-7-2-8-16-35)41(31-37)33-49-51-47(55)39-19-11-4-12-20-39/h1-28,30-33H,29H2,(H,50,54)(H,51,55)/b27-23+,28-24+,48-32+,49-33+. The number of hydrazone groups is 2. The molecule has 0 saturated carbocycles. The zero-order valence-corrected chi connectivity index (χ0v) is 30.5. The summed E-state index contributed by atoms with van der Waals surface area (Å²) >= 11 is 0. The molecule has 0 spiro atoms. The molecule has 280 valence electrons. The molecule has 0 saturated heterocycles. The summed E-state index contributed by atoms with van der Waals surface area (Å²) in [6.45, 7) is 0. The zero-order chi connectivity index (χ0) is 39.7. The highest BCUT2D eigenvalue weighted by Crippen LogP contribution is 2.24. The van der Waals surface area contributed by atoms with Crippen LogP contribution in [-0.4, -0.2) is 36.2 Å². The van der Waals surface area contributed by atoms with Crippen LogP contribution in [0.1, 0.15) is 54.1 Å². The Morgan fingerprint density at radius 2 is 0.842 bits per heavy atom. The Morgan fingerprint density at radius 3 is 1.23 bits per heavy atom. The molecule has 10 nitrogen and oxygen atoms in total. The second-order valence-electron chi connectivity index (χ2n) is 12.4. The van der Waals surface area contributed by atoms with Gasteiger partial charge in [-0.05, 0) is 89.4 Å². The predicted molar refractivity (Wildman–Crippen MR) is 221 cm³/mol. The van der Waals surface area contributed by atoms with Gasteiger partial charge >= 0.3 is 11.9 Å². The normalized spacial score (nSPS) is 11.2. The molecule has 6 aromatic carbocycles. The van der Waals surface area contributed by atoms with Gasteiger partial charge in [0.05, 0.1) is 12.4 Å². The van der Waals surface area contributed by atoms with Crippen LogP contribution in [0.25, 0.3) is 12.2 Å². The number of benzene rings is 6. The summed E-state index contributed by atoms with van der Waals surface area (Å²) in [5.74, 6) is -1.54. The van der Waals surface area contributed by atoms with Crippen molar-refractivity contribution in [2.24, 2.45) is 10.2 Å². The van der Waals surface area contributed by atoms with E-state index in [2.05, 4.69) is 21.1 Å². The monoisotopic (exact) mass is 752 g/mol. The second kappa shape index (κ2) is 19.9. The van der Waals surface area contributed by atoms with Crippen LogP contribution in [0.4, 0.5) is 0 Å². The number of amides is 2. The third-order valence-electron chi connectivity index (χ3n) is 8.21. The molecule has 0 fully saturated rings. The van der Waals surface area contributed by atoms with E-state index in [9.17, 15) is 19.2 Å². The van der Waals surface area contributed by atoms with E-state index >= 15 is 0 Å². The van der Waals surface area contributed by atoms with Gasteiger partial charge in [0, 0.05) is 34.4 Å². The molecule has 2 N–H and O–H groups in total. The summed E-state index contributed by atoms with van der Waals surface area (Å²) in [7, 11) is 0. The number of carbonyl (C=O) groups excluding carboxylic acids is 4. The summed E-state index contributed by atoms with van der Waals surface area (Å²) in [6.07, 6.45) is 9.17. The maximum atomic E-state index is 12.8. The molecule has 6 rings (SSSR count). The first kappa shape index (κ1) is 38.7. The van der Waals surface area contributed by atoms with Gasteiger partial charge < -0.3 is 9.47 Å². The molecule has 0 aromatic heterocycles. The van der Waals surface area contributed by atoms with Crippen molar-refractivity contribution in [2.75, 3.05) is 0 Å². The van der Waals surface area contributed by atoms with Crippen molar-refractivity contribution in [1.29, 1.82) is 0 Å². The Hall–Kier alpha value is -7.98. The van der Waals surface area contributed by atoms with Crippen molar-refractivity contribution in [3.63, 3.8) is 0 Å². The second-order valence-corrected chi connectivity index (χ2v) is 12.4. The zero-order valence-electron chi connectivity index (χ0n) is 30.5. The fourth-order valence-electron chi connectivity index (χ4n) is 5.41. The molecule has 0 aliphatic rings. The first-order chi connectivity index (χ1) is 27.9. The first-order valence-corrected chi connectivity index (χ1v) is 17.8. The Kier molecular flexibility index (Phi) is 13.5. The summed E-state index contributed by atoms with van der Waals surface area (Å²) in [5, 5.41) is 8.29. The van der Waals surface area contributed by atoms with Gasteiger partial charge in [-0.25, -0.2) is 20.4 Å². The molecule has 0 aliphatic heterocycles. The van der Waals surface area contributed by atoms with E-state index in [0.717, 1.165) is 22.3 Å². The molecule has 0 bridgehead atoms. The maximum Gasteiger partial charge on any atom is 0.336 e. The molecule has 0 heterocycles. The van der Waals surface area contributed by atoms with Crippen molar-refractivity contribution in [1.82, 2.24) is 10.9 Å². The van der Waals surface area contributed by atoms with E-state index in [1.54, 1.807) is 97.1 Å². The minimum atomic E-state index is -0.596. The van der Waals surface area contributed by atoms with Crippen LogP contribution >= 0.6 is 0 Å². The van der Waals surface area contributed by atoms with E-state index in [-0.39, 0.29) is 11.5 Å². The van der Waals surface area contributed by atoms with Gasteiger partial charge in [-0.15, -0.1) is 0 Å². The average molecular weight is 753 g/mol. The van der Waals surface area contributed by atoms with Crippen LogP contribution in [0, 0.1) is 0 Å². The summed E-state index contributed by atoms with van der Waals surface area (Å²) in [5.41, 5.74) is 10.0. The number of hydrogen-bond acceptors (Lipinski definition) is 8. The third kappa shape index (κ3) is 12.0. The highest BCUT2D eigenvalue weighted by Gasteiger charge is 2.12. The Bertz CT molecular complexity index is 2270. The molecule has 0 radical (unpaired) electrons. The lowest BCUT2D eigenvalue weighted by Crippen LogP contribution is -2.17. The molecule has 6 aromatic rings. The fraction of sp³-hybridized carbons (Fsp3) is 0.0213. The molecule has 0 aliphatic carbocycles. The number of nitrogens with one attached hydrogen (secondary N) is 2. The third-order valence-corrected chi connectivity index (χ3v) is 8.21. The highest BCUT2D eigenvalue weighted by atomic mass is 16.5. The van der Waals surface area contributed by atoms with Gasteiger partial charge in [-0.2, -0.15) is 10.2 Å². The van der Waals surface area contributed by atoms with Crippen LogP contribution in [0.15, 0.2) is 180 Å². The quantitative estimate of drug-likeness (QED) is 0.0380. The van der Waals surface area contributed by atoms with Crippen molar-refractivity contribution >= 4 is 48.3 Å². The van der Waals surface area contributed by atoms with E-state index in [1.807, 2.05) is 72.8 Å². The Labute approximate surface area is 329 Å². The van der Waals surface area contributed by atoms with Crippen LogP contribution in [0.2, 0.25) is 0 Å². The predicted octanol–water partition coefficient (Wildman–Crippen LogP) is 8.04. The Morgan fingerprint density at radius 1 is 0.474 bits per heavy atom.